The van der Waals surface area contributed by atoms with Gasteiger partial charge in [-0.3, -0.25) is 0 Å². The van der Waals surface area contributed by atoms with Gasteiger partial charge in [-0.15, -0.1) is 22.7 Å². The molecule has 0 radical (unpaired) electrons. The smallest absolute Gasteiger partial charge is 0.348 e. The second-order valence-corrected chi connectivity index (χ2v) is 8.21. The Bertz CT molecular complexity index is 888. The number of fused-ring (bicyclic) bond motifs is 1. The minimum Gasteiger partial charge on any atom is -0.497 e. The van der Waals surface area contributed by atoms with Crippen LogP contribution in [0.15, 0.2) is 35.7 Å². The topological polar surface area (TPSA) is 48.4 Å². The van der Waals surface area contributed by atoms with Crippen molar-refractivity contribution in [2.75, 3.05) is 7.11 Å². The quantitative estimate of drug-likeness (QED) is 0.572. The number of carbonyl (C=O) groups is 1. The molecule has 0 aliphatic heterocycles. The first kappa shape index (κ1) is 17.2. The first-order valence-corrected chi connectivity index (χ1v) is 10.3. The Hall–Kier alpha value is -2.18. The third-order valence-corrected chi connectivity index (χ3v) is 6.59. The molecule has 1 aliphatic carbocycles. The van der Waals surface area contributed by atoms with Crippen molar-refractivity contribution >= 4 is 28.6 Å². The number of benzene rings is 1. The van der Waals surface area contributed by atoms with Gasteiger partial charge in [-0.2, -0.15) is 0 Å². The van der Waals surface area contributed by atoms with Gasteiger partial charge < -0.3 is 9.47 Å². The molecule has 0 fully saturated rings. The van der Waals surface area contributed by atoms with Crippen LogP contribution in [0.25, 0.3) is 10.6 Å². The largest absolute Gasteiger partial charge is 0.497 e. The van der Waals surface area contributed by atoms with Crippen LogP contribution in [0.4, 0.5) is 0 Å². The van der Waals surface area contributed by atoms with Crippen LogP contribution in [0.1, 0.15) is 38.6 Å². The normalized spacial score (nSPS) is 13.3. The van der Waals surface area contributed by atoms with E-state index in [1.807, 2.05) is 35.7 Å². The van der Waals surface area contributed by atoms with Gasteiger partial charge in [0, 0.05) is 15.8 Å². The van der Waals surface area contributed by atoms with Gasteiger partial charge in [0.25, 0.3) is 0 Å². The molecule has 4 rings (SSSR count). The lowest BCUT2D eigenvalue weighted by molar-refractivity contribution is 0.0474. The fraction of sp³-hybridized carbons (Fsp3) is 0.300. The molecule has 0 bridgehead atoms. The predicted octanol–water partition coefficient (Wildman–Crippen LogP) is 5.12. The molecule has 2 heterocycles. The maximum absolute atomic E-state index is 12.3. The van der Waals surface area contributed by atoms with E-state index in [4.69, 9.17) is 9.47 Å². The summed E-state index contributed by atoms with van der Waals surface area (Å²) in [5.41, 5.74) is 3.12. The monoisotopic (exact) mass is 385 g/mol. The van der Waals surface area contributed by atoms with Crippen molar-refractivity contribution in [3.8, 4) is 16.3 Å². The molecule has 0 amide bonds. The van der Waals surface area contributed by atoms with E-state index in [1.165, 1.54) is 23.3 Å². The van der Waals surface area contributed by atoms with E-state index in [-0.39, 0.29) is 12.6 Å². The van der Waals surface area contributed by atoms with Crippen molar-refractivity contribution in [2.45, 2.75) is 32.3 Å². The van der Waals surface area contributed by atoms with Gasteiger partial charge in [0.05, 0.1) is 12.8 Å². The Morgan fingerprint density at radius 3 is 2.77 bits per heavy atom. The Labute approximate surface area is 160 Å². The highest BCUT2D eigenvalue weighted by molar-refractivity contribution is 7.14. The molecule has 0 N–H and O–H groups in total. The summed E-state index contributed by atoms with van der Waals surface area (Å²) >= 11 is 3.12. The van der Waals surface area contributed by atoms with E-state index in [1.54, 1.807) is 29.8 Å². The van der Waals surface area contributed by atoms with Crippen LogP contribution < -0.4 is 4.74 Å². The average molecular weight is 386 g/mol. The van der Waals surface area contributed by atoms with Gasteiger partial charge >= 0.3 is 5.97 Å². The van der Waals surface area contributed by atoms with E-state index in [2.05, 4.69) is 4.98 Å². The molecule has 3 aromatic rings. The van der Waals surface area contributed by atoms with Crippen LogP contribution in [-0.4, -0.2) is 18.1 Å². The maximum atomic E-state index is 12.3. The Balaban J connectivity index is 1.39. The summed E-state index contributed by atoms with van der Waals surface area (Å²) in [6, 6.07) is 9.78. The van der Waals surface area contributed by atoms with Crippen molar-refractivity contribution in [2.24, 2.45) is 0 Å². The number of methoxy groups -OCH3 is 1. The minimum atomic E-state index is -0.247. The zero-order valence-electron chi connectivity index (χ0n) is 14.5. The molecule has 0 atom stereocenters. The highest BCUT2D eigenvalue weighted by Gasteiger charge is 2.18. The van der Waals surface area contributed by atoms with Crippen LogP contribution in [0, 0.1) is 0 Å². The van der Waals surface area contributed by atoms with Crippen molar-refractivity contribution < 1.29 is 14.3 Å². The summed E-state index contributed by atoms with van der Waals surface area (Å²) in [4.78, 5) is 19.0. The molecule has 134 valence electrons. The van der Waals surface area contributed by atoms with E-state index < -0.39 is 0 Å². The van der Waals surface area contributed by atoms with Crippen molar-refractivity contribution in [3.05, 3.63) is 56.7 Å². The molecule has 4 nitrogen and oxygen atoms in total. The van der Waals surface area contributed by atoms with Crippen LogP contribution in [-0.2, 0) is 24.2 Å². The van der Waals surface area contributed by atoms with Gasteiger partial charge in [-0.1, -0.05) is 0 Å². The number of aryl methyl sites for hydroxylation is 2. The fourth-order valence-corrected chi connectivity index (χ4v) is 5.00. The molecular weight excluding hydrogens is 366 g/mol. The van der Waals surface area contributed by atoms with Crippen LogP contribution in [0.5, 0.6) is 5.75 Å². The predicted molar refractivity (Wildman–Crippen MR) is 104 cm³/mol. The lowest BCUT2D eigenvalue weighted by Gasteiger charge is -2.08. The van der Waals surface area contributed by atoms with E-state index >= 15 is 0 Å². The van der Waals surface area contributed by atoms with Crippen LogP contribution >= 0.6 is 22.7 Å². The van der Waals surface area contributed by atoms with Gasteiger partial charge in [-0.05, 0) is 61.6 Å². The van der Waals surface area contributed by atoms with Crippen LogP contribution in [0.2, 0.25) is 0 Å². The molecule has 2 aromatic heterocycles. The number of rotatable bonds is 5. The van der Waals surface area contributed by atoms with Gasteiger partial charge in [0.1, 0.15) is 22.2 Å². The number of hydrogen-bond donors (Lipinski definition) is 0. The third-order valence-electron chi connectivity index (χ3n) is 4.44. The second kappa shape index (κ2) is 7.60. The lowest BCUT2D eigenvalue weighted by Crippen LogP contribution is -2.03. The minimum absolute atomic E-state index is 0.202. The number of thiazole rings is 1. The molecular formula is C20H19NO3S2. The first-order chi connectivity index (χ1) is 12.7. The highest BCUT2D eigenvalue weighted by atomic mass is 32.1. The standard InChI is InChI=1S/C20H19NO3S2/c1-23-16-8-6-13(7-9-16)19-21-15(12-25-19)11-24-20(22)18-10-14-4-2-3-5-17(14)26-18/h6-10,12H,2-5,11H2,1H3. The third kappa shape index (κ3) is 3.66. The molecule has 1 aromatic carbocycles. The molecule has 0 saturated heterocycles. The molecule has 0 saturated carbocycles. The van der Waals surface area contributed by atoms with E-state index in [0.717, 1.165) is 34.9 Å². The summed E-state index contributed by atoms with van der Waals surface area (Å²) in [6.07, 6.45) is 4.60. The molecule has 0 unspecified atom stereocenters. The molecule has 6 heteroatoms. The van der Waals surface area contributed by atoms with Crippen molar-refractivity contribution in [3.63, 3.8) is 0 Å². The first-order valence-electron chi connectivity index (χ1n) is 8.60. The molecule has 26 heavy (non-hydrogen) atoms. The summed E-state index contributed by atoms with van der Waals surface area (Å²) in [5.74, 6) is 0.571. The molecule has 1 aliphatic rings. The zero-order chi connectivity index (χ0) is 17.9. The number of ether oxygens (including phenoxy) is 2. The summed E-state index contributed by atoms with van der Waals surface area (Å²) in [5, 5.41) is 2.84. The number of hydrogen-bond acceptors (Lipinski definition) is 6. The average Bonchev–Trinajstić information content (AvgIpc) is 3.33. The Morgan fingerprint density at radius 1 is 1.19 bits per heavy atom. The summed E-state index contributed by atoms with van der Waals surface area (Å²) in [7, 11) is 1.65. The van der Waals surface area contributed by atoms with Gasteiger partial charge in [-0.25, -0.2) is 9.78 Å². The second-order valence-electron chi connectivity index (χ2n) is 6.21. The lowest BCUT2D eigenvalue weighted by atomic mass is 9.99. The molecule has 0 spiro atoms. The van der Waals surface area contributed by atoms with E-state index in [0.29, 0.717) is 4.88 Å². The Kier molecular flexibility index (Phi) is 5.04. The highest BCUT2D eigenvalue weighted by Crippen LogP contribution is 2.30. The number of esters is 1. The zero-order valence-corrected chi connectivity index (χ0v) is 16.1. The number of aromatic nitrogens is 1. The fourth-order valence-electron chi connectivity index (χ4n) is 3.04. The van der Waals surface area contributed by atoms with Gasteiger partial charge in [0.2, 0.25) is 0 Å². The number of thiophene rings is 1. The summed E-state index contributed by atoms with van der Waals surface area (Å²) < 4.78 is 10.6. The maximum Gasteiger partial charge on any atom is 0.348 e. The van der Waals surface area contributed by atoms with Gasteiger partial charge in [0.15, 0.2) is 0 Å². The summed E-state index contributed by atoms with van der Waals surface area (Å²) in [6.45, 7) is 0.202. The van der Waals surface area contributed by atoms with E-state index in [9.17, 15) is 4.79 Å². The van der Waals surface area contributed by atoms with Crippen molar-refractivity contribution in [1.82, 2.24) is 4.98 Å². The van der Waals surface area contributed by atoms with Crippen molar-refractivity contribution in [1.29, 1.82) is 0 Å². The number of carbonyl (C=O) groups excluding carboxylic acids is 1. The van der Waals surface area contributed by atoms with Crippen LogP contribution in [0.3, 0.4) is 0 Å². The Morgan fingerprint density at radius 2 is 2.00 bits per heavy atom. The SMILES string of the molecule is COc1ccc(-c2nc(COC(=O)c3cc4c(s3)CCCC4)cs2)cc1. The number of nitrogens with zero attached hydrogens (tertiary/aromatic N) is 1.